The van der Waals surface area contributed by atoms with Crippen LogP contribution in [0.3, 0.4) is 0 Å². The summed E-state index contributed by atoms with van der Waals surface area (Å²) in [5.74, 6) is 1.01. The van der Waals surface area contributed by atoms with E-state index < -0.39 is 0 Å². The highest BCUT2D eigenvalue weighted by Gasteiger charge is 2.15. The molecule has 1 heterocycles. The van der Waals surface area contributed by atoms with Crippen molar-refractivity contribution in [3.63, 3.8) is 0 Å². The van der Waals surface area contributed by atoms with Crippen molar-refractivity contribution in [1.29, 1.82) is 0 Å². The number of rotatable bonds is 7. The lowest BCUT2D eigenvalue weighted by molar-refractivity contribution is -0.139. The van der Waals surface area contributed by atoms with Crippen molar-refractivity contribution in [3.05, 3.63) is 36.2 Å². The number of nitrogens with zero attached hydrogens (tertiary/aromatic N) is 3. The maximum Gasteiger partial charge on any atom is 0.315 e. The summed E-state index contributed by atoms with van der Waals surface area (Å²) in [4.78, 5) is 24.0. The first-order valence-electron chi connectivity index (χ1n) is 7.19. The van der Waals surface area contributed by atoms with Gasteiger partial charge in [0.1, 0.15) is 5.82 Å². The Morgan fingerprint density at radius 3 is 2.74 bits per heavy atom. The van der Waals surface area contributed by atoms with Crippen LogP contribution in [0.25, 0.3) is 0 Å². The van der Waals surface area contributed by atoms with Crippen LogP contribution in [0, 0.1) is 0 Å². The number of carbonyl (C=O) groups is 1. The largest absolute Gasteiger partial charge is 0.465 e. The summed E-state index contributed by atoms with van der Waals surface area (Å²) in [6, 6.07) is 9.54. The van der Waals surface area contributed by atoms with Gasteiger partial charge in [0.2, 0.25) is 11.9 Å². The highest BCUT2D eigenvalue weighted by Crippen LogP contribution is 2.26. The van der Waals surface area contributed by atoms with E-state index in [2.05, 4.69) is 20.3 Å². The van der Waals surface area contributed by atoms with E-state index in [4.69, 9.17) is 10.5 Å². The van der Waals surface area contributed by atoms with Gasteiger partial charge in [-0.2, -0.15) is 15.0 Å². The Labute approximate surface area is 139 Å². The van der Waals surface area contributed by atoms with Crippen LogP contribution >= 0.6 is 11.8 Å². The van der Waals surface area contributed by atoms with E-state index in [-0.39, 0.29) is 22.9 Å². The maximum atomic E-state index is 11.4. The molecule has 0 bridgehead atoms. The van der Waals surface area contributed by atoms with Gasteiger partial charge in [-0.1, -0.05) is 18.2 Å². The van der Waals surface area contributed by atoms with Crippen LogP contribution in [0.4, 0.5) is 17.6 Å². The van der Waals surface area contributed by atoms with Gasteiger partial charge >= 0.3 is 5.97 Å². The van der Waals surface area contributed by atoms with Crippen molar-refractivity contribution in [2.45, 2.75) is 19.1 Å². The van der Waals surface area contributed by atoms with Crippen molar-refractivity contribution < 1.29 is 9.53 Å². The predicted octanol–water partition coefficient (Wildman–Crippen LogP) is 2.55. The minimum atomic E-state index is -0.256. The maximum absolute atomic E-state index is 11.4. The van der Waals surface area contributed by atoms with E-state index in [9.17, 15) is 4.79 Å². The van der Waals surface area contributed by atoms with Crippen LogP contribution in [0.15, 0.2) is 30.3 Å². The molecule has 0 fully saturated rings. The molecule has 3 N–H and O–H groups in total. The van der Waals surface area contributed by atoms with Gasteiger partial charge in [0, 0.05) is 5.69 Å². The molecule has 0 radical (unpaired) electrons. The molecule has 122 valence electrons. The highest BCUT2D eigenvalue weighted by atomic mass is 32.2. The van der Waals surface area contributed by atoms with E-state index in [1.807, 2.05) is 37.3 Å². The summed E-state index contributed by atoms with van der Waals surface area (Å²) < 4.78 is 4.90. The number of nitrogen functional groups attached to an aromatic ring is 1. The van der Waals surface area contributed by atoms with E-state index in [1.54, 1.807) is 6.92 Å². The molecule has 0 saturated heterocycles. The van der Waals surface area contributed by atoms with Gasteiger partial charge in [-0.25, -0.2) is 0 Å². The van der Waals surface area contributed by atoms with Crippen LogP contribution in [0.2, 0.25) is 0 Å². The van der Waals surface area contributed by atoms with Crippen molar-refractivity contribution >= 4 is 35.3 Å². The van der Waals surface area contributed by atoms with E-state index in [0.29, 0.717) is 18.4 Å². The van der Waals surface area contributed by atoms with Crippen molar-refractivity contribution in [2.24, 2.45) is 0 Å². The molecule has 2 aromatic rings. The second kappa shape index (κ2) is 8.33. The summed E-state index contributed by atoms with van der Waals surface area (Å²) in [7, 11) is 0. The number of hydrogen-bond acceptors (Lipinski definition) is 8. The molecule has 8 heteroatoms. The molecule has 0 aliphatic rings. The summed E-state index contributed by atoms with van der Waals surface area (Å²) in [6.07, 6.45) is 0. The number of carbonyl (C=O) groups excluding carboxylic acids is 1. The zero-order valence-electron chi connectivity index (χ0n) is 13.0. The standard InChI is InChI=1S/C15H19N5O2S/c1-3-22-12(21)9-23-10(2)13-18-14(16)20-15(19-13)17-11-7-5-4-6-8-11/h4-8,10H,3,9H2,1-2H3,(H3,16,17,18,19,20). The monoisotopic (exact) mass is 333 g/mol. The quantitative estimate of drug-likeness (QED) is 0.745. The Morgan fingerprint density at radius 1 is 1.30 bits per heavy atom. The van der Waals surface area contributed by atoms with Crippen molar-refractivity contribution in [3.8, 4) is 0 Å². The lowest BCUT2D eigenvalue weighted by Crippen LogP contribution is -2.11. The van der Waals surface area contributed by atoms with Gasteiger partial charge in [0.15, 0.2) is 0 Å². The first-order chi connectivity index (χ1) is 11.1. The van der Waals surface area contributed by atoms with Gasteiger partial charge in [-0.05, 0) is 26.0 Å². The summed E-state index contributed by atoms with van der Waals surface area (Å²) in [6.45, 7) is 4.06. The summed E-state index contributed by atoms with van der Waals surface area (Å²) in [5, 5.41) is 2.97. The third-order valence-corrected chi connectivity index (χ3v) is 3.93. The fourth-order valence-corrected chi connectivity index (χ4v) is 2.49. The van der Waals surface area contributed by atoms with E-state index >= 15 is 0 Å². The van der Waals surface area contributed by atoms with Gasteiger partial charge < -0.3 is 15.8 Å². The third-order valence-electron chi connectivity index (χ3n) is 2.82. The van der Waals surface area contributed by atoms with Crippen molar-refractivity contribution in [1.82, 2.24) is 15.0 Å². The van der Waals surface area contributed by atoms with Crippen LogP contribution < -0.4 is 11.1 Å². The average Bonchev–Trinajstić information content (AvgIpc) is 2.53. The molecule has 1 aromatic carbocycles. The summed E-state index contributed by atoms with van der Waals surface area (Å²) in [5.41, 5.74) is 6.61. The number of thioether (sulfide) groups is 1. The van der Waals surface area contributed by atoms with Gasteiger partial charge in [0.25, 0.3) is 0 Å². The molecular weight excluding hydrogens is 314 g/mol. The average molecular weight is 333 g/mol. The number of hydrogen-bond donors (Lipinski definition) is 2. The van der Waals surface area contributed by atoms with Gasteiger partial charge in [-0.3, -0.25) is 4.79 Å². The summed E-state index contributed by atoms with van der Waals surface area (Å²) >= 11 is 1.39. The third kappa shape index (κ3) is 5.41. The minimum absolute atomic E-state index is 0.110. The Bertz CT molecular complexity index is 654. The number of anilines is 3. The van der Waals surface area contributed by atoms with Crippen molar-refractivity contribution in [2.75, 3.05) is 23.4 Å². The second-order valence-electron chi connectivity index (χ2n) is 4.62. The number of ether oxygens (including phenoxy) is 1. The first-order valence-corrected chi connectivity index (χ1v) is 8.24. The Kier molecular flexibility index (Phi) is 6.16. The van der Waals surface area contributed by atoms with Gasteiger partial charge in [0.05, 0.1) is 17.6 Å². The SMILES string of the molecule is CCOC(=O)CSC(C)c1nc(N)nc(Nc2ccccc2)n1. The lowest BCUT2D eigenvalue weighted by atomic mass is 10.3. The van der Waals surface area contributed by atoms with Gasteiger partial charge in [-0.15, -0.1) is 11.8 Å². The van der Waals surface area contributed by atoms with Crippen LogP contribution in [0.5, 0.6) is 0 Å². The normalized spacial score (nSPS) is 11.7. The number of benzene rings is 1. The van der Waals surface area contributed by atoms with Crippen LogP contribution in [0.1, 0.15) is 24.9 Å². The Morgan fingerprint density at radius 2 is 2.04 bits per heavy atom. The van der Waals surface area contributed by atoms with Crippen LogP contribution in [-0.4, -0.2) is 33.3 Å². The molecule has 0 aliphatic heterocycles. The number of nitrogens with one attached hydrogen (secondary N) is 1. The Balaban J connectivity index is 2.05. The molecule has 1 atom stereocenters. The molecule has 0 aliphatic carbocycles. The molecule has 0 spiro atoms. The number of aromatic nitrogens is 3. The first kappa shape index (κ1) is 17.0. The topological polar surface area (TPSA) is 103 Å². The number of para-hydroxylation sites is 1. The number of esters is 1. The molecule has 7 nitrogen and oxygen atoms in total. The second-order valence-corrected chi connectivity index (χ2v) is 5.95. The molecule has 1 aromatic heterocycles. The van der Waals surface area contributed by atoms with Crippen LogP contribution in [-0.2, 0) is 9.53 Å². The fourth-order valence-electron chi connectivity index (χ4n) is 1.77. The molecule has 2 rings (SSSR count). The molecule has 1 unspecified atom stereocenters. The lowest BCUT2D eigenvalue weighted by Gasteiger charge is -2.12. The molecule has 23 heavy (non-hydrogen) atoms. The predicted molar refractivity (Wildman–Crippen MR) is 91.5 cm³/mol. The smallest absolute Gasteiger partial charge is 0.315 e. The zero-order valence-corrected chi connectivity index (χ0v) is 13.8. The molecule has 0 amide bonds. The fraction of sp³-hybridized carbons (Fsp3) is 0.333. The minimum Gasteiger partial charge on any atom is -0.465 e. The number of nitrogens with two attached hydrogens (primary N) is 1. The molecule has 0 saturated carbocycles. The molecular formula is C15H19N5O2S. The van der Waals surface area contributed by atoms with E-state index in [1.165, 1.54) is 11.8 Å². The zero-order chi connectivity index (χ0) is 16.7. The Hall–Kier alpha value is -2.35. The van der Waals surface area contributed by atoms with E-state index in [0.717, 1.165) is 5.69 Å². The highest BCUT2D eigenvalue weighted by molar-refractivity contribution is 8.00.